The minimum absolute atomic E-state index is 0.348. The number of nitrogens with one attached hydrogen (secondary N) is 1. The van der Waals surface area contributed by atoms with Gasteiger partial charge < -0.3 is 15.5 Å². The first-order chi connectivity index (χ1) is 9.67. The maximum Gasteiger partial charge on any atom is 0.159 e. The van der Waals surface area contributed by atoms with Crippen molar-refractivity contribution >= 4 is 23.0 Å². The Morgan fingerprint density at radius 1 is 1.35 bits per heavy atom. The Labute approximate surface area is 123 Å². The summed E-state index contributed by atoms with van der Waals surface area (Å²) in [5, 5.41) is 11.7. The molecular weight excluding hydrogens is 272 g/mol. The SMILES string of the molecule is CCc1nnc(NCc2ccoc2)c(C(N)=S)c1CC. The molecule has 0 unspecified atom stereocenters. The van der Waals surface area contributed by atoms with Crippen molar-refractivity contribution in [3.63, 3.8) is 0 Å². The predicted octanol–water partition coefficient (Wildman–Crippen LogP) is 2.44. The summed E-state index contributed by atoms with van der Waals surface area (Å²) in [5.41, 5.74) is 9.72. The zero-order valence-electron chi connectivity index (χ0n) is 11.6. The lowest BCUT2D eigenvalue weighted by molar-refractivity contribution is 0.564. The standard InChI is InChI=1S/C14H18N4OS/c1-3-10-11(4-2)17-18-14(12(10)13(15)20)16-7-9-5-6-19-8-9/h5-6,8H,3-4,7H2,1-2H3,(H2,15,20)(H,16,18). The van der Waals surface area contributed by atoms with Gasteiger partial charge in [0.15, 0.2) is 5.82 Å². The first-order valence-electron chi connectivity index (χ1n) is 6.60. The number of hydrogen-bond donors (Lipinski definition) is 2. The Hall–Kier alpha value is -1.95. The summed E-state index contributed by atoms with van der Waals surface area (Å²) < 4.78 is 5.04. The van der Waals surface area contributed by atoms with Crippen LogP contribution in [-0.4, -0.2) is 15.2 Å². The maximum atomic E-state index is 5.87. The first kappa shape index (κ1) is 14.5. The molecule has 2 aromatic rings. The quantitative estimate of drug-likeness (QED) is 0.796. The normalized spacial score (nSPS) is 10.5. The number of aromatic nitrogens is 2. The molecule has 0 aliphatic rings. The first-order valence-corrected chi connectivity index (χ1v) is 7.01. The van der Waals surface area contributed by atoms with E-state index >= 15 is 0 Å². The van der Waals surface area contributed by atoms with E-state index < -0.39 is 0 Å². The van der Waals surface area contributed by atoms with Gasteiger partial charge in [0.05, 0.1) is 23.8 Å². The fourth-order valence-electron chi connectivity index (χ4n) is 2.14. The second-order valence-corrected chi connectivity index (χ2v) is 4.85. The van der Waals surface area contributed by atoms with Crippen molar-refractivity contribution in [2.45, 2.75) is 33.2 Å². The van der Waals surface area contributed by atoms with Crippen molar-refractivity contribution in [1.82, 2.24) is 10.2 Å². The molecule has 0 saturated carbocycles. The van der Waals surface area contributed by atoms with E-state index in [0.717, 1.165) is 35.2 Å². The Balaban J connectivity index is 2.34. The molecule has 0 saturated heterocycles. The van der Waals surface area contributed by atoms with Gasteiger partial charge in [0.2, 0.25) is 0 Å². The smallest absolute Gasteiger partial charge is 0.159 e. The van der Waals surface area contributed by atoms with Crippen molar-refractivity contribution < 1.29 is 4.42 Å². The van der Waals surface area contributed by atoms with Crippen LogP contribution in [0, 0.1) is 0 Å². The summed E-state index contributed by atoms with van der Waals surface area (Å²) in [6.45, 7) is 4.71. The van der Waals surface area contributed by atoms with Crippen molar-refractivity contribution in [1.29, 1.82) is 0 Å². The third-order valence-corrected chi connectivity index (χ3v) is 3.34. The second kappa shape index (κ2) is 6.47. The number of aryl methyl sites for hydroxylation is 1. The molecule has 2 heterocycles. The van der Waals surface area contributed by atoms with Gasteiger partial charge in [0.1, 0.15) is 4.99 Å². The predicted molar refractivity (Wildman–Crippen MR) is 82.7 cm³/mol. The van der Waals surface area contributed by atoms with E-state index in [1.54, 1.807) is 12.5 Å². The van der Waals surface area contributed by atoms with Gasteiger partial charge in [-0.15, -0.1) is 5.10 Å². The Morgan fingerprint density at radius 2 is 2.15 bits per heavy atom. The van der Waals surface area contributed by atoms with Crippen LogP contribution in [0.1, 0.15) is 36.2 Å². The highest BCUT2D eigenvalue weighted by Gasteiger charge is 2.16. The fourth-order valence-corrected chi connectivity index (χ4v) is 2.36. The molecular formula is C14H18N4OS. The number of anilines is 1. The van der Waals surface area contributed by atoms with Crippen LogP contribution < -0.4 is 11.1 Å². The average Bonchev–Trinajstić information content (AvgIpc) is 2.96. The summed E-state index contributed by atoms with van der Waals surface area (Å²) in [7, 11) is 0. The number of hydrogen-bond acceptors (Lipinski definition) is 5. The Morgan fingerprint density at radius 3 is 2.70 bits per heavy atom. The number of nitrogens with zero attached hydrogens (tertiary/aromatic N) is 2. The van der Waals surface area contributed by atoms with Gasteiger partial charge in [-0.25, -0.2) is 0 Å². The molecule has 106 valence electrons. The molecule has 0 aliphatic heterocycles. The van der Waals surface area contributed by atoms with Crippen LogP contribution in [0.4, 0.5) is 5.82 Å². The lowest BCUT2D eigenvalue weighted by Gasteiger charge is -2.15. The molecule has 0 fully saturated rings. The van der Waals surface area contributed by atoms with Gasteiger partial charge >= 0.3 is 0 Å². The molecule has 0 radical (unpaired) electrons. The minimum Gasteiger partial charge on any atom is -0.472 e. The van der Waals surface area contributed by atoms with E-state index in [2.05, 4.69) is 22.4 Å². The summed E-state index contributed by atoms with van der Waals surface area (Å²) >= 11 is 5.18. The average molecular weight is 290 g/mol. The molecule has 0 aromatic carbocycles. The zero-order valence-corrected chi connectivity index (χ0v) is 12.5. The number of nitrogens with two attached hydrogens (primary N) is 1. The number of rotatable bonds is 6. The third kappa shape index (κ3) is 2.96. The van der Waals surface area contributed by atoms with Crippen molar-refractivity contribution in [3.8, 4) is 0 Å². The van der Waals surface area contributed by atoms with E-state index in [1.165, 1.54) is 0 Å². The summed E-state index contributed by atoms with van der Waals surface area (Å²) in [6, 6.07) is 1.89. The zero-order chi connectivity index (χ0) is 14.5. The molecule has 5 nitrogen and oxygen atoms in total. The highest BCUT2D eigenvalue weighted by molar-refractivity contribution is 7.80. The van der Waals surface area contributed by atoms with E-state index in [1.807, 2.05) is 13.0 Å². The summed E-state index contributed by atoms with van der Waals surface area (Å²) in [6.07, 6.45) is 4.95. The molecule has 0 amide bonds. The lowest BCUT2D eigenvalue weighted by Crippen LogP contribution is -2.19. The van der Waals surface area contributed by atoms with Crippen molar-refractivity contribution in [2.75, 3.05) is 5.32 Å². The molecule has 3 N–H and O–H groups in total. The minimum atomic E-state index is 0.348. The molecule has 0 atom stereocenters. The Bertz CT molecular complexity index is 595. The van der Waals surface area contributed by atoms with Crippen molar-refractivity contribution in [3.05, 3.63) is 41.0 Å². The van der Waals surface area contributed by atoms with Crippen LogP contribution in [0.15, 0.2) is 23.0 Å². The topological polar surface area (TPSA) is 77.0 Å². The fraction of sp³-hybridized carbons (Fsp3) is 0.357. The van der Waals surface area contributed by atoms with Crippen LogP contribution >= 0.6 is 12.2 Å². The molecule has 0 spiro atoms. The summed E-state index contributed by atoms with van der Waals surface area (Å²) in [5.74, 6) is 0.632. The molecule has 20 heavy (non-hydrogen) atoms. The van der Waals surface area contributed by atoms with Gasteiger partial charge in [-0.3, -0.25) is 0 Å². The van der Waals surface area contributed by atoms with E-state index in [-0.39, 0.29) is 0 Å². The Kier molecular flexibility index (Phi) is 4.68. The van der Waals surface area contributed by atoms with Crippen LogP contribution in [-0.2, 0) is 19.4 Å². The van der Waals surface area contributed by atoms with Gasteiger partial charge in [0.25, 0.3) is 0 Å². The number of furan rings is 1. The maximum absolute atomic E-state index is 5.87. The van der Waals surface area contributed by atoms with Crippen LogP contribution in [0.2, 0.25) is 0 Å². The van der Waals surface area contributed by atoms with Crippen LogP contribution in [0.5, 0.6) is 0 Å². The van der Waals surface area contributed by atoms with E-state index in [0.29, 0.717) is 17.4 Å². The summed E-state index contributed by atoms with van der Waals surface area (Å²) in [4.78, 5) is 0.348. The molecule has 0 bridgehead atoms. The monoisotopic (exact) mass is 290 g/mol. The van der Waals surface area contributed by atoms with Crippen molar-refractivity contribution in [2.24, 2.45) is 5.73 Å². The van der Waals surface area contributed by atoms with Crippen LogP contribution in [0.25, 0.3) is 0 Å². The van der Waals surface area contributed by atoms with E-state index in [9.17, 15) is 0 Å². The largest absolute Gasteiger partial charge is 0.472 e. The van der Waals surface area contributed by atoms with E-state index in [4.69, 9.17) is 22.4 Å². The molecule has 0 aliphatic carbocycles. The van der Waals surface area contributed by atoms with Crippen LogP contribution in [0.3, 0.4) is 0 Å². The van der Waals surface area contributed by atoms with Gasteiger partial charge in [0, 0.05) is 12.1 Å². The van der Waals surface area contributed by atoms with Gasteiger partial charge in [-0.1, -0.05) is 26.1 Å². The lowest BCUT2D eigenvalue weighted by atomic mass is 10.0. The highest BCUT2D eigenvalue weighted by Crippen LogP contribution is 2.21. The highest BCUT2D eigenvalue weighted by atomic mass is 32.1. The van der Waals surface area contributed by atoms with Gasteiger partial charge in [-0.2, -0.15) is 5.10 Å². The second-order valence-electron chi connectivity index (χ2n) is 4.41. The van der Waals surface area contributed by atoms with Gasteiger partial charge in [-0.05, 0) is 24.5 Å². The molecule has 2 aromatic heterocycles. The molecule has 2 rings (SSSR count). The molecule has 6 heteroatoms. The number of thiocarbonyl (C=S) groups is 1. The third-order valence-electron chi connectivity index (χ3n) is 3.13.